The second-order valence-corrected chi connectivity index (χ2v) is 16.6. The van der Waals surface area contributed by atoms with Crippen LogP contribution in [0.2, 0.25) is 0 Å². The number of Topliss-reactive ketones (excluding diaryl/α,β-unsaturated/α-hetero) is 1. The second kappa shape index (κ2) is 13.7. The molecule has 0 radical (unpaired) electrons. The minimum Gasteiger partial charge on any atom is -0.493 e. The van der Waals surface area contributed by atoms with Gasteiger partial charge in [-0.1, -0.05) is 19.9 Å². The number of ether oxygens (including phenoxy) is 2. The van der Waals surface area contributed by atoms with Crippen molar-refractivity contribution < 1.29 is 27.5 Å². The molecule has 1 aromatic heterocycles. The molecule has 2 aromatic rings. The summed E-state index contributed by atoms with van der Waals surface area (Å²) in [6, 6.07) is 7.77. The summed E-state index contributed by atoms with van der Waals surface area (Å²) in [5, 5.41) is 2.02. The molecule has 0 spiro atoms. The highest BCUT2D eigenvalue weighted by Gasteiger charge is 2.65. The Hall–Kier alpha value is -2.47. The number of ketones is 1. The second-order valence-electron chi connectivity index (χ2n) is 13.6. The molecule has 248 valence electrons. The van der Waals surface area contributed by atoms with Gasteiger partial charge in [-0.15, -0.1) is 11.3 Å². The van der Waals surface area contributed by atoms with Crippen molar-refractivity contribution in [3.05, 3.63) is 45.6 Å². The molecule has 3 fully saturated rings. The van der Waals surface area contributed by atoms with Crippen LogP contribution in [0.15, 0.2) is 29.6 Å². The summed E-state index contributed by atoms with van der Waals surface area (Å²) in [5.41, 5.74) is 0.847. The first-order valence-corrected chi connectivity index (χ1v) is 18.6. The van der Waals surface area contributed by atoms with E-state index in [1.807, 2.05) is 36.6 Å². The van der Waals surface area contributed by atoms with E-state index >= 15 is 0 Å². The Morgan fingerprint density at radius 3 is 2.42 bits per heavy atom. The number of nitrogens with zero attached hydrogens (tertiary/aromatic N) is 3. The molecular formula is C34H49N3O6S2. The summed E-state index contributed by atoms with van der Waals surface area (Å²) in [6.45, 7) is 9.44. The van der Waals surface area contributed by atoms with Crippen LogP contribution in [0, 0.1) is 23.7 Å². The van der Waals surface area contributed by atoms with Crippen LogP contribution in [0.1, 0.15) is 62.0 Å². The molecule has 2 aliphatic carbocycles. The van der Waals surface area contributed by atoms with Crippen LogP contribution in [-0.4, -0.2) is 93.5 Å². The molecule has 2 heterocycles. The van der Waals surface area contributed by atoms with Crippen LogP contribution < -0.4 is 9.47 Å². The molecule has 2 bridgehead atoms. The standard InChI is InChI=1S/C34H49N3O6S2/c1-25-12-19-44-30(25)22-36(16-11-26-8-9-28(42-4)29(20-26)43-5)32(39)23-37(18-17-35-14-6-7-15-35)45(40,41)24-34-13-10-27(21-31(34)38)33(34,2)3/h8-9,12,19-20,27H,6-7,10-11,13-18,21-24H2,1-5H3. The van der Waals surface area contributed by atoms with E-state index in [4.69, 9.17) is 9.47 Å². The first-order chi connectivity index (χ1) is 21.4. The van der Waals surface area contributed by atoms with Crippen LogP contribution in [0.4, 0.5) is 0 Å². The highest BCUT2D eigenvalue weighted by atomic mass is 32.2. The molecule has 2 saturated carbocycles. The quantitative estimate of drug-likeness (QED) is 0.272. The molecular weight excluding hydrogens is 611 g/mol. The zero-order valence-electron chi connectivity index (χ0n) is 27.5. The number of hydrogen-bond donors (Lipinski definition) is 0. The molecule has 1 aliphatic heterocycles. The number of amides is 1. The minimum atomic E-state index is -3.92. The first kappa shape index (κ1) is 33.9. The minimum absolute atomic E-state index is 0.0721. The maximum atomic E-state index is 14.3. The van der Waals surface area contributed by atoms with Crippen LogP contribution in [0.5, 0.6) is 11.5 Å². The SMILES string of the molecule is COc1ccc(CCN(Cc2sccc2C)C(=O)CN(CCN2CCCC2)S(=O)(=O)CC23CCC(CC2=O)C3(C)C)cc1OC. The van der Waals surface area contributed by atoms with Gasteiger partial charge in [-0.25, -0.2) is 8.42 Å². The summed E-state index contributed by atoms with van der Waals surface area (Å²) < 4.78 is 40.9. The predicted molar refractivity (Wildman–Crippen MR) is 177 cm³/mol. The van der Waals surface area contributed by atoms with Gasteiger partial charge in [0.05, 0.1) is 33.1 Å². The van der Waals surface area contributed by atoms with Gasteiger partial charge < -0.3 is 19.3 Å². The van der Waals surface area contributed by atoms with E-state index in [0.29, 0.717) is 50.4 Å². The Balaban J connectivity index is 1.38. The van der Waals surface area contributed by atoms with E-state index in [1.165, 1.54) is 4.31 Å². The van der Waals surface area contributed by atoms with Crippen molar-refractivity contribution >= 4 is 33.1 Å². The lowest BCUT2D eigenvalue weighted by atomic mass is 9.70. The Kier molecular flexibility index (Phi) is 10.3. The Morgan fingerprint density at radius 2 is 1.82 bits per heavy atom. The highest BCUT2D eigenvalue weighted by Crippen LogP contribution is 2.64. The summed E-state index contributed by atoms with van der Waals surface area (Å²) in [6.07, 6.45) is 4.71. The van der Waals surface area contributed by atoms with Gasteiger partial charge in [0.2, 0.25) is 15.9 Å². The summed E-state index contributed by atoms with van der Waals surface area (Å²) >= 11 is 1.60. The number of aryl methyl sites for hydroxylation is 1. The lowest BCUT2D eigenvalue weighted by molar-refractivity contribution is -0.132. The van der Waals surface area contributed by atoms with Gasteiger partial charge in [0, 0.05) is 36.3 Å². The average Bonchev–Trinajstić information content (AvgIpc) is 3.76. The summed E-state index contributed by atoms with van der Waals surface area (Å²) in [4.78, 5) is 32.6. The third-order valence-corrected chi connectivity index (χ3v) is 13.9. The maximum Gasteiger partial charge on any atom is 0.238 e. The molecule has 9 nitrogen and oxygen atoms in total. The molecule has 3 aliphatic rings. The van der Waals surface area contributed by atoms with E-state index in [1.54, 1.807) is 30.5 Å². The van der Waals surface area contributed by atoms with Gasteiger partial charge in [0.15, 0.2) is 11.5 Å². The zero-order valence-corrected chi connectivity index (χ0v) is 29.1. The van der Waals surface area contributed by atoms with Crippen molar-refractivity contribution in [2.45, 2.75) is 65.8 Å². The molecule has 11 heteroatoms. The normalized spacial score (nSPS) is 22.8. The molecule has 2 unspecified atom stereocenters. The lowest BCUT2D eigenvalue weighted by Gasteiger charge is -2.38. The van der Waals surface area contributed by atoms with Crippen LogP contribution >= 0.6 is 11.3 Å². The molecule has 1 saturated heterocycles. The number of thiophene rings is 1. The number of sulfonamides is 1. The Bertz CT molecular complexity index is 1480. The Labute approximate surface area is 272 Å². The largest absolute Gasteiger partial charge is 0.493 e. The third kappa shape index (κ3) is 6.96. The lowest BCUT2D eigenvalue weighted by Crippen LogP contribution is -2.50. The highest BCUT2D eigenvalue weighted by molar-refractivity contribution is 7.89. The van der Waals surface area contributed by atoms with Crippen molar-refractivity contribution in [3.63, 3.8) is 0 Å². The van der Waals surface area contributed by atoms with Crippen molar-refractivity contribution in [2.24, 2.45) is 16.7 Å². The zero-order chi connectivity index (χ0) is 32.4. The molecule has 1 amide bonds. The number of methoxy groups -OCH3 is 2. The number of carbonyl (C=O) groups is 2. The van der Waals surface area contributed by atoms with Crippen molar-refractivity contribution in [2.75, 3.05) is 59.2 Å². The number of fused-ring (bicyclic) bond motifs is 2. The number of likely N-dealkylation sites (tertiary alicyclic amines) is 1. The van der Waals surface area contributed by atoms with Gasteiger partial charge in [-0.2, -0.15) is 4.31 Å². The summed E-state index contributed by atoms with van der Waals surface area (Å²) in [7, 11) is -0.724. The van der Waals surface area contributed by atoms with Gasteiger partial charge in [0.25, 0.3) is 0 Å². The maximum absolute atomic E-state index is 14.3. The number of rotatable bonds is 15. The van der Waals surface area contributed by atoms with Crippen molar-refractivity contribution in [1.29, 1.82) is 0 Å². The fraction of sp³-hybridized carbons (Fsp3) is 0.647. The topological polar surface area (TPSA) is 96.5 Å². The monoisotopic (exact) mass is 659 g/mol. The first-order valence-electron chi connectivity index (χ1n) is 16.2. The van der Waals surface area contributed by atoms with E-state index < -0.39 is 15.4 Å². The summed E-state index contributed by atoms with van der Waals surface area (Å²) in [5.74, 6) is 1.11. The molecule has 2 atom stereocenters. The average molecular weight is 660 g/mol. The van der Waals surface area contributed by atoms with Gasteiger partial charge in [-0.05, 0) is 98.2 Å². The van der Waals surface area contributed by atoms with Crippen LogP contribution in [0.25, 0.3) is 0 Å². The smallest absolute Gasteiger partial charge is 0.238 e. The third-order valence-electron chi connectivity index (χ3n) is 10.9. The molecule has 1 aromatic carbocycles. The van der Waals surface area contributed by atoms with Crippen molar-refractivity contribution in [3.8, 4) is 11.5 Å². The van der Waals surface area contributed by atoms with Crippen LogP contribution in [0.3, 0.4) is 0 Å². The van der Waals surface area contributed by atoms with Gasteiger partial charge in [-0.3, -0.25) is 9.59 Å². The van der Waals surface area contributed by atoms with Crippen molar-refractivity contribution in [1.82, 2.24) is 14.1 Å². The van der Waals surface area contributed by atoms with E-state index in [0.717, 1.165) is 48.4 Å². The van der Waals surface area contributed by atoms with E-state index in [9.17, 15) is 18.0 Å². The number of benzene rings is 1. The van der Waals surface area contributed by atoms with E-state index in [-0.39, 0.29) is 41.9 Å². The number of carbonyl (C=O) groups excluding carboxylic acids is 2. The van der Waals surface area contributed by atoms with Crippen LogP contribution in [-0.2, 0) is 32.6 Å². The van der Waals surface area contributed by atoms with Gasteiger partial charge >= 0.3 is 0 Å². The van der Waals surface area contributed by atoms with E-state index in [2.05, 4.69) is 18.7 Å². The Morgan fingerprint density at radius 1 is 1.09 bits per heavy atom. The molecule has 5 rings (SSSR count). The van der Waals surface area contributed by atoms with Gasteiger partial charge in [0.1, 0.15) is 5.78 Å². The number of hydrogen-bond acceptors (Lipinski definition) is 8. The molecule has 0 N–H and O–H groups in total. The predicted octanol–water partition coefficient (Wildman–Crippen LogP) is 4.77. The fourth-order valence-electron chi connectivity index (χ4n) is 7.67. The molecule has 45 heavy (non-hydrogen) atoms. The fourth-order valence-corrected chi connectivity index (χ4v) is 10.7.